The Morgan fingerprint density at radius 2 is 2.29 bits per heavy atom. The maximum Gasteiger partial charge on any atom is 0.156 e. The van der Waals surface area contributed by atoms with Crippen LogP contribution in [0.25, 0.3) is 11.5 Å². The molecule has 0 bridgehead atoms. The molecule has 1 fully saturated rings. The molecule has 0 saturated heterocycles. The standard InChI is InChI=1S/C13H16N4/c1-14-8-11-12(9-5-6-9)17-13(16-11)10-4-2-3-7-15-10/h2-4,7,9,14H,5-6,8H2,1H3,(H,16,17). The first-order valence-electron chi connectivity index (χ1n) is 6.03. The highest BCUT2D eigenvalue weighted by atomic mass is 15.0. The third-order valence-corrected chi connectivity index (χ3v) is 3.04. The molecule has 0 unspecified atom stereocenters. The number of imidazole rings is 1. The molecule has 0 aromatic carbocycles. The van der Waals surface area contributed by atoms with E-state index in [2.05, 4.69) is 15.3 Å². The molecule has 0 spiro atoms. The van der Waals surface area contributed by atoms with Gasteiger partial charge < -0.3 is 10.3 Å². The number of rotatable bonds is 4. The Morgan fingerprint density at radius 3 is 2.94 bits per heavy atom. The van der Waals surface area contributed by atoms with E-state index >= 15 is 0 Å². The SMILES string of the molecule is CNCc1[nH]c(-c2ccccn2)nc1C1CC1. The summed E-state index contributed by atoms with van der Waals surface area (Å²) in [5.41, 5.74) is 3.34. The lowest BCUT2D eigenvalue weighted by molar-refractivity contribution is 0.782. The number of aromatic amines is 1. The average Bonchev–Trinajstić information content (AvgIpc) is 3.13. The van der Waals surface area contributed by atoms with E-state index in [1.165, 1.54) is 24.2 Å². The maximum atomic E-state index is 4.70. The summed E-state index contributed by atoms with van der Waals surface area (Å²) < 4.78 is 0. The zero-order chi connectivity index (χ0) is 11.7. The number of hydrogen-bond acceptors (Lipinski definition) is 3. The second kappa shape index (κ2) is 4.30. The Labute approximate surface area is 101 Å². The van der Waals surface area contributed by atoms with Crippen molar-refractivity contribution in [2.45, 2.75) is 25.3 Å². The van der Waals surface area contributed by atoms with Crippen molar-refractivity contribution in [3.8, 4) is 11.5 Å². The van der Waals surface area contributed by atoms with Crippen LogP contribution in [0.3, 0.4) is 0 Å². The summed E-state index contributed by atoms with van der Waals surface area (Å²) in [6, 6.07) is 5.89. The van der Waals surface area contributed by atoms with Crippen LogP contribution in [0.2, 0.25) is 0 Å². The number of H-pyrrole nitrogens is 1. The van der Waals surface area contributed by atoms with Crippen LogP contribution in [0.5, 0.6) is 0 Å². The number of hydrogen-bond donors (Lipinski definition) is 2. The fraction of sp³-hybridized carbons (Fsp3) is 0.385. The minimum absolute atomic E-state index is 0.659. The molecule has 3 rings (SSSR count). The molecule has 1 aliphatic carbocycles. The lowest BCUT2D eigenvalue weighted by Crippen LogP contribution is -2.07. The second-order valence-corrected chi connectivity index (χ2v) is 4.47. The van der Waals surface area contributed by atoms with Gasteiger partial charge in [0.25, 0.3) is 0 Å². The van der Waals surface area contributed by atoms with Crippen LogP contribution in [0.1, 0.15) is 30.1 Å². The zero-order valence-corrected chi connectivity index (χ0v) is 9.90. The highest BCUT2D eigenvalue weighted by Gasteiger charge is 2.29. The van der Waals surface area contributed by atoms with Crippen molar-refractivity contribution in [3.05, 3.63) is 35.8 Å². The van der Waals surface area contributed by atoms with Crippen LogP contribution in [0.15, 0.2) is 24.4 Å². The molecule has 2 heterocycles. The van der Waals surface area contributed by atoms with Crippen LogP contribution in [0, 0.1) is 0 Å². The van der Waals surface area contributed by atoms with E-state index in [0.29, 0.717) is 5.92 Å². The molecule has 2 aromatic heterocycles. The molecule has 4 nitrogen and oxygen atoms in total. The van der Waals surface area contributed by atoms with Gasteiger partial charge in [-0.2, -0.15) is 0 Å². The van der Waals surface area contributed by atoms with Crippen LogP contribution in [-0.2, 0) is 6.54 Å². The summed E-state index contributed by atoms with van der Waals surface area (Å²) in [5, 5.41) is 3.18. The first kappa shape index (κ1) is 10.5. The predicted molar refractivity (Wildman–Crippen MR) is 66.6 cm³/mol. The van der Waals surface area contributed by atoms with E-state index in [1.807, 2.05) is 25.2 Å². The minimum atomic E-state index is 0.659. The number of nitrogens with zero attached hydrogens (tertiary/aromatic N) is 2. The largest absolute Gasteiger partial charge is 0.339 e. The summed E-state index contributed by atoms with van der Waals surface area (Å²) in [6.45, 7) is 0.839. The highest BCUT2D eigenvalue weighted by molar-refractivity contribution is 5.50. The van der Waals surface area contributed by atoms with Gasteiger partial charge in [0, 0.05) is 18.7 Å². The molecule has 1 saturated carbocycles. The molecular weight excluding hydrogens is 212 g/mol. The first-order valence-corrected chi connectivity index (χ1v) is 6.03. The lowest BCUT2D eigenvalue weighted by atomic mass is 10.2. The molecule has 0 aliphatic heterocycles. The molecule has 4 heteroatoms. The van der Waals surface area contributed by atoms with E-state index in [4.69, 9.17) is 4.98 Å². The van der Waals surface area contributed by atoms with Gasteiger partial charge in [-0.05, 0) is 32.0 Å². The van der Waals surface area contributed by atoms with E-state index in [1.54, 1.807) is 6.20 Å². The summed E-state index contributed by atoms with van der Waals surface area (Å²) in [5.74, 6) is 1.55. The van der Waals surface area contributed by atoms with Gasteiger partial charge in [-0.15, -0.1) is 0 Å². The van der Waals surface area contributed by atoms with Crippen LogP contribution in [-0.4, -0.2) is 22.0 Å². The fourth-order valence-corrected chi connectivity index (χ4v) is 2.05. The summed E-state index contributed by atoms with van der Waals surface area (Å²) >= 11 is 0. The van der Waals surface area contributed by atoms with Crippen molar-refractivity contribution < 1.29 is 0 Å². The molecule has 0 radical (unpaired) electrons. The van der Waals surface area contributed by atoms with Crippen LogP contribution in [0.4, 0.5) is 0 Å². The van der Waals surface area contributed by atoms with Gasteiger partial charge in [-0.25, -0.2) is 4.98 Å². The Bertz CT molecular complexity index is 499. The Morgan fingerprint density at radius 1 is 1.41 bits per heavy atom. The van der Waals surface area contributed by atoms with Gasteiger partial charge in [0.05, 0.1) is 11.4 Å². The quantitative estimate of drug-likeness (QED) is 0.842. The van der Waals surface area contributed by atoms with Crippen molar-refractivity contribution in [1.82, 2.24) is 20.3 Å². The molecule has 2 N–H and O–H groups in total. The van der Waals surface area contributed by atoms with E-state index < -0.39 is 0 Å². The van der Waals surface area contributed by atoms with Crippen molar-refractivity contribution >= 4 is 0 Å². The van der Waals surface area contributed by atoms with Gasteiger partial charge in [0.15, 0.2) is 5.82 Å². The van der Waals surface area contributed by atoms with Crippen molar-refractivity contribution in [1.29, 1.82) is 0 Å². The van der Waals surface area contributed by atoms with Gasteiger partial charge >= 0.3 is 0 Å². The van der Waals surface area contributed by atoms with Crippen molar-refractivity contribution in [2.24, 2.45) is 0 Å². The summed E-state index contributed by atoms with van der Waals surface area (Å²) in [7, 11) is 1.96. The van der Waals surface area contributed by atoms with Crippen molar-refractivity contribution in [3.63, 3.8) is 0 Å². The molecule has 0 amide bonds. The van der Waals surface area contributed by atoms with Crippen LogP contribution < -0.4 is 5.32 Å². The van der Waals surface area contributed by atoms with Gasteiger partial charge in [-0.3, -0.25) is 4.98 Å². The van der Waals surface area contributed by atoms with E-state index in [0.717, 1.165) is 18.1 Å². The minimum Gasteiger partial charge on any atom is -0.339 e. The monoisotopic (exact) mass is 228 g/mol. The van der Waals surface area contributed by atoms with Gasteiger partial charge in [0.1, 0.15) is 5.69 Å². The van der Waals surface area contributed by atoms with E-state index in [9.17, 15) is 0 Å². The van der Waals surface area contributed by atoms with Crippen LogP contribution >= 0.6 is 0 Å². The molecule has 2 aromatic rings. The molecule has 1 aliphatic rings. The summed E-state index contributed by atoms with van der Waals surface area (Å²) in [4.78, 5) is 12.4. The zero-order valence-electron chi connectivity index (χ0n) is 9.90. The Hall–Kier alpha value is -1.68. The highest BCUT2D eigenvalue weighted by Crippen LogP contribution is 2.41. The maximum absolute atomic E-state index is 4.70. The van der Waals surface area contributed by atoms with E-state index in [-0.39, 0.29) is 0 Å². The normalized spacial score (nSPS) is 15.1. The fourth-order valence-electron chi connectivity index (χ4n) is 2.05. The van der Waals surface area contributed by atoms with Gasteiger partial charge in [0.2, 0.25) is 0 Å². The third-order valence-electron chi connectivity index (χ3n) is 3.04. The predicted octanol–water partition coefficient (Wildman–Crippen LogP) is 2.07. The third kappa shape index (κ3) is 2.08. The number of pyridine rings is 1. The lowest BCUT2D eigenvalue weighted by Gasteiger charge is -1.98. The smallest absolute Gasteiger partial charge is 0.156 e. The van der Waals surface area contributed by atoms with Gasteiger partial charge in [-0.1, -0.05) is 6.07 Å². The number of nitrogens with one attached hydrogen (secondary N) is 2. The molecule has 88 valence electrons. The molecular formula is C13H16N4. The number of aromatic nitrogens is 3. The summed E-state index contributed by atoms with van der Waals surface area (Å²) in [6.07, 6.45) is 4.33. The average molecular weight is 228 g/mol. The Balaban J connectivity index is 1.98. The molecule has 17 heavy (non-hydrogen) atoms. The van der Waals surface area contributed by atoms with Crippen molar-refractivity contribution in [2.75, 3.05) is 7.05 Å². The first-order chi connectivity index (χ1) is 8.38. The topological polar surface area (TPSA) is 53.6 Å². The molecule has 0 atom stereocenters. The Kier molecular flexibility index (Phi) is 2.65. The second-order valence-electron chi connectivity index (χ2n) is 4.47.